The first-order valence-electron chi connectivity index (χ1n) is 6.68. The molecule has 0 spiro atoms. The second kappa shape index (κ2) is 6.77. The van der Waals surface area contributed by atoms with Crippen LogP contribution in [0.3, 0.4) is 0 Å². The van der Waals surface area contributed by atoms with E-state index in [-0.39, 0.29) is 21.4 Å². The first-order valence-corrected chi connectivity index (χ1v) is 7.82. The van der Waals surface area contributed by atoms with E-state index in [0.29, 0.717) is 22.8 Å². The van der Waals surface area contributed by atoms with Crippen LogP contribution in [0, 0.1) is 0 Å². The summed E-state index contributed by atoms with van der Waals surface area (Å²) < 4.78 is 1.34. The maximum Gasteiger partial charge on any atom is 0.254 e. The topological polar surface area (TPSA) is 86.9 Å². The Kier molecular flexibility index (Phi) is 5.21. The number of primary amides is 1. The highest BCUT2D eigenvalue weighted by Gasteiger charge is 2.23. The number of halogens is 3. The van der Waals surface area contributed by atoms with Crippen LogP contribution in [0.15, 0.2) is 12.1 Å². The second-order valence-corrected chi connectivity index (χ2v) is 6.06. The molecule has 0 fully saturated rings. The Morgan fingerprint density at radius 1 is 1.27 bits per heavy atom. The zero-order valence-corrected chi connectivity index (χ0v) is 14.1. The lowest BCUT2D eigenvalue weighted by Gasteiger charge is -2.09. The Bertz CT molecular complexity index is 704. The van der Waals surface area contributed by atoms with E-state index in [2.05, 4.69) is 5.10 Å². The molecule has 0 atom stereocenters. The van der Waals surface area contributed by atoms with Gasteiger partial charge < -0.3 is 11.5 Å². The standard InChI is InChI=1S/C14H15Cl3N4O/c1-2-3-4-10-11(14(19)22)13(18)21(20-10)12-8(16)5-7(15)6-9(12)17/h5-6H,2-4,18H2,1H3,(H2,19,22). The third kappa shape index (κ3) is 3.16. The molecule has 0 bridgehead atoms. The highest BCUT2D eigenvalue weighted by Crippen LogP contribution is 2.34. The van der Waals surface area contributed by atoms with Gasteiger partial charge in [-0.25, -0.2) is 4.68 Å². The molecular formula is C14H15Cl3N4O. The number of nitrogens with two attached hydrogens (primary N) is 2. The predicted molar refractivity (Wildman–Crippen MR) is 90.1 cm³/mol. The third-order valence-corrected chi connectivity index (χ3v) is 4.00. The average Bonchev–Trinajstić information content (AvgIpc) is 2.72. The summed E-state index contributed by atoms with van der Waals surface area (Å²) in [6, 6.07) is 3.06. The molecule has 5 nitrogen and oxygen atoms in total. The van der Waals surface area contributed by atoms with Gasteiger partial charge >= 0.3 is 0 Å². The van der Waals surface area contributed by atoms with Crippen molar-refractivity contribution in [3.63, 3.8) is 0 Å². The van der Waals surface area contributed by atoms with Gasteiger partial charge in [0.1, 0.15) is 17.1 Å². The van der Waals surface area contributed by atoms with Crippen molar-refractivity contribution in [1.29, 1.82) is 0 Å². The zero-order chi connectivity index (χ0) is 16.4. The lowest BCUT2D eigenvalue weighted by atomic mass is 10.1. The highest BCUT2D eigenvalue weighted by atomic mass is 35.5. The fourth-order valence-electron chi connectivity index (χ4n) is 2.17. The average molecular weight is 362 g/mol. The molecule has 1 aromatic heterocycles. The van der Waals surface area contributed by atoms with Crippen LogP contribution in [-0.2, 0) is 6.42 Å². The molecule has 0 aliphatic heterocycles. The molecule has 0 saturated carbocycles. The van der Waals surface area contributed by atoms with E-state index in [0.717, 1.165) is 12.8 Å². The first-order chi connectivity index (χ1) is 10.4. The minimum absolute atomic E-state index is 0.115. The van der Waals surface area contributed by atoms with Crippen molar-refractivity contribution in [3.8, 4) is 5.69 Å². The fraction of sp³-hybridized carbons (Fsp3) is 0.286. The van der Waals surface area contributed by atoms with Crippen molar-refractivity contribution in [2.75, 3.05) is 5.73 Å². The van der Waals surface area contributed by atoms with E-state index >= 15 is 0 Å². The van der Waals surface area contributed by atoms with E-state index in [9.17, 15) is 4.79 Å². The minimum Gasteiger partial charge on any atom is -0.383 e. The molecule has 22 heavy (non-hydrogen) atoms. The molecule has 1 amide bonds. The number of carbonyl (C=O) groups excluding carboxylic acids is 1. The molecule has 0 radical (unpaired) electrons. The number of hydrogen-bond donors (Lipinski definition) is 2. The summed E-state index contributed by atoms with van der Waals surface area (Å²) in [4.78, 5) is 11.7. The predicted octanol–water partition coefficient (Wildman–Crippen LogP) is 3.86. The lowest BCUT2D eigenvalue weighted by molar-refractivity contribution is 0.1000. The van der Waals surface area contributed by atoms with Crippen molar-refractivity contribution in [1.82, 2.24) is 9.78 Å². The summed E-state index contributed by atoms with van der Waals surface area (Å²) in [5, 5.41) is 5.33. The first kappa shape index (κ1) is 16.9. The Balaban J connectivity index is 2.64. The molecule has 1 aromatic carbocycles. The molecule has 1 heterocycles. The summed E-state index contributed by atoms with van der Waals surface area (Å²) in [6.45, 7) is 2.04. The van der Waals surface area contributed by atoms with Gasteiger partial charge in [-0.3, -0.25) is 4.79 Å². The van der Waals surface area contributed by atoms with Crippen LogP contribution in [-0.4, -0.2) is 15.7 Å². The summed E-state index contributed by atoms with van der Waals surface area (Å²) in [5.74, 6) is -0.513. The number of hydrogen-bond acceptors (Lipinski definition) is 3. The molecule has 0 aliphatic rings. The SMILES string of the molecule is CCCCc1nn(-c2c(Cl)cc(Cl)cc2Cl)c(N)c1C(N)=O. The second-order valence-electron chi connectivity index (χ2n) is 4.80. The van der Waals surface area contributed by atoms with Crippen molar-refractivity contribution < 1.29 is 4.79 Å². The largest absolute Gasteiger partial charge is 0.383 e. The van der Waals surface area contributed by atoms with Crippen LogP contribution in [0.5, 0.6) is 0 Å². The molecule has 0 aliphatic carbocycles. The third-order valence-electron chi connectivity index (χ3n) is 3.20. The zero-order valence-electron chi connectivity index (χ0n) is 11.9. The lowest BCUT2D eigenvalue weighted by Crippen LogP contribution is -2.15. The van der Waals surface area contributed by atoms with Gasteiger partial charge in [-0.15, -0.1) is 0 Å². The monoisotopic (exact) mass is 360 g/mol. The quantitative estimate of drug-likeness (QED) is 0.847. The van der Waals surface area contributed by atoms with Gasteiger partial charge in [0.15, 0.2) is 0 Å². The van der Waals surface area contributed by atoms with Crippen molar-refractivity contribution in [3.05, 3.63) is 38.5 Å². The minimum atomic E-state index is -0.629. The van der Waals surface area contributed by atoms with E-state index in [1.165, 1.54) is 16.8 Å². The number of carbonyl (C=O) groups is 1. The van der Waals surface area contributed by atoms with Crippen LogP contribution in [0.25, 0.3) is 5.69 Å². The van der Waals surface area contributed by atoms with Gasteiger partial charge in [-0.1, -0.05) is 48.1 Å². The number of aromatic nitrogens is 2. The maximum absolute atomic E-state index is 11.7. The van der Waals surface area contributed by atoms with E-state index in [1.807, 2.05) is 6.92 Å². The Morgan fingerprint density at radius 2 is 1.86 bits per heavy atom. The molecule has 2 aromatic rings. The Hall–Kier alpha value is -1.43. The number of benzene rings is 1. The molecule has 0 unspecified atom stereocenters. The normalized spacial score (nSPS) is 10.9. The number of anilines is 1. The Labute approximate surface area is 143 Å². The molecule has 0 saturated heterocycles. The number of aryl methyl sites for hydroxylation is 1. The van der Waals surface area contributed by atoms with Gasteiger partial charge in [0, 0.05) is 5.02 Å². The van der Waals surface area contributed by atoms with Crippen LogP contribution < -0.4 is 11.5 Å². The molecule has 4 N–H and O–H groups in total. The number of amides is 1. The number of unbranched alkanes of at least 4 members (excludes halogenated alkanes) is 1. The smallest absolute Gasteiger partial charge is 0.254 e. The number of nitrogen functional groups attached to an aromatic ring is 1. The Morgan fingerprint density at radius 3 is 2.36 bits per heavy atom. The number of rotatable bonds is 5. The van der Waals surface area contributed by atoms with Gasteiger partial charge in [-0.05, 0) is 25.0 Å². The number of nitrogens with zero attached hydrogens (tertiary/aromatic N) is 2. The van der Waals surface area contributed by atoms with Crippen LogP contribution in [0.4, 0.5) is 5.82 Å². The molecule has 118 valence electrons. The molecular weight excluding hydrogens is 347 g/mol. The van der Waals surface area contributed by atoms with E-state index in [1.54, 1.807) is 0 Å². The summed E-state index contributed by atoms with van der Waals surface area (Å²) >= 11 is 18.3. The maximum atomic E-state index is 11.7. The van der Waals surface area contributed by atoms with Crippen LogP contribution in [0.2, 0.25) is 15.1 Å². The highest BCUT2D eigenvalue weighted by molar-refractivity contribution is 6.40. The van der Waals surface area contributed by atoms with Gasteiger partial charge in [0.05, 0.1) is 15.7 Å². The summed E-state index contributed by atoms with van der Waals surface area (Å²) in [7, 11) is 0. The van der Waals surface area contributed by atoms with Crippen LogP contribution in [0.1, 0.15) is 35.8 Å². The fourth-order valence-corrected chi connectivity index (χ4v) is 3.15. The molecule has 8 heteroatoms. The molecule has 2 rings (SSSR count). The van der Waals surface area contributed by atoms with E-state index < -0.39 is 5.91 Å². The van der Waals surface area contributed by atoms with Crippen LogP contribution >= 0.6 is 34.8 Å². The van der Waals surface area contributed by atoms with Crippen molar-refractivity contribution in [2.24, 2.45) is 5.73 Å². The van der Waals surface area contributed by atoms with E-state index in [4.69, 9.17) is 46.3 Å². The summed E-state index contributed by atoms with van der Waals surface area (Å²) in [5.41, 5.74) is 12.6. The van der Waals surface area contributed by atoms with Crippen molar-refractivity contribution >= 4 is 46.5 Å². The van der Waals surface area contributed by atoms with Crippen molar-refractivity contribution in [2.45, 2.75) is 26.2 Å². The van der Waals surface area contributed by atoms with Gasteiger partial charge in [-0.2, -0.15) is 5.10 Å². The summed E-state index contributed by atoms with van der Waals surface area (Å²) in [6.07, 6.45) is 2.40. The van der Waals surface area contributed by atoms with Gasteiger partial charge in [0.2, 0.25) is 0 Å². The van der Waals surface area contributed by atoms with Gasteiger partial charge in [0.25, 0.3) is 5.91 Å².